The first kappa shape index (κ1) is 20.4. The van der Waals surface area contributed by atoms with Crippen molar-refractivity contribution in [3.05, 3.63) is 65.6 Å². The van der Waals surface area contributed by atoms with Gasteiger partial charge in [-0.25, -0.2) is 4.57 Å². The molecule has 2 aromatic heterocycles. The number of pyridine rings is 1. The Hall–Kier alpha value is -2.35. The van der Waals surface area contributed by atoms with Crippen LogP contribution >= 0.6 is 0 Å². The second-order valence-corrected chi connectivity index (χ2v) is 7.89. The number of unbranched alkanes of at least 4 members (excludes halogenated alkanes) is 7. The Kier molecular flexibility index (Phi) is 7.90. The summed E-state index contributed by atoms with van der Waals surface area (Å²) in [6.07, 6.45) is 19.8. The average molecular weight is 376 g/mol. The van der Waals surface area contributed by atoms with Crippen molar-refractivity contribution in [3.8, 4) is 0 Å². The van der Waals surface area contributed by atoms with Crippen molar-refractivity contribution in [2.75, 3.05) is 0 Å². The topological polar surface area (TPSA) is 19.7 Å². The third-order valence-electron chi connectivity index (χ3n) is 5.57. The van der Waals surface area contributed by atoms with E-state index < -0.39 is 0 Å². The zero-order chi connectivity index (χ0) is 19.6. The summed E-state index contributed by atoms with van der Waals surface area (Å²) in [6.45, 7) is 5.55. The molecule has 1 N–H and O–H groups in total. The van der Waals surface area contributed by atoms with Crippen LogP contribution in [0.15, 0.2) is 48.8 Å². The highest BCUT2D eigenvalue weighted by Gasteiger charge is 2.05. The Labute approximate surface area is 170 Å². The number of hydrogen-bond donors (Lipinski definition) is 1. The van der Waals surface area contributed by atoms with Crippen LogP contribution in [0.3, 0.4) is 0 Å². The van der Waals surface area contributed by atoms with E-state index in [1.807, 2.05) is 0 Å². The molecule has 2 heteroatoms. The summed E-state index contributed by atoms with van der Waals surface area (Å²) < 4.78 is 2.31. The lowest BCUT2D eigenvalue weighted by Crippen LogP contribution is -2.32. The summed E-state index contributed by atoms with van der Waals surface area (Å²) >= 11 is 0. The van der Waals surface area contributed by atoms with Gasteiger partial charge < -0.3 is 4.98 Å². The number of aromatic amines is 1. The molecule has 0 spiro atoms. The van der Waals surface area contributed by atoms with Gasteiger partial charge in [0, 0.05) is 40.7 Å². The zero-order valence-corrected chi connectivity index (χ0v) is 17.6. The largest absolute Gasteiger partial charge is 0.358 e. The highest BCUT2D eigenvalue weighted by molar-refractivity contribution is 5.92. The first-order valence-electron chi connectivity index (χ1n) is 11.0. The van der Waals surface area contributed by atoms with E-state index in [9.17, 15) is 0 Å². The maximum Gasteiger partial charge on any atom is 0.169 e. The highest BCUT2D eigenvalue weighted by atomic mass is 14.9. The summed E-state index contributed by atoms with van der Waals surface area (Å²) in [7, 11) is 0. The van der Waals surface area contributed by atoms with E-state index in [1.54, 1.807) is 0 Å². The second kappa shape index (κ2) is 10.8. The fourth-order valence-corrected chi connectivity index (χ4v) is 3.85. The molecule has 0 radical (unpaired) electrons. The van der Waals surface area contributed by atoms with Gasteiger partial charge in [0.2, 0.25) is 0 Å². The molecule has 0 bridgehead atoms. The Balaban J connectivity index is 1.46. The Bertz CT molecular complexity index is 871. The van der Waals surface area contributed by atoms with Crippen LogP contribution in [0.25, 0.3) is 23.1 Å². The molecule has 3 aromatic rings. The average Bonchev–Trinajstić information content (AvgIpc) is 3.04. The molecule has 0 amide bonds. The van der Waals surface area contributed by atoms with Crippen LogP contribution in [0.1, 0.15) is 75.1 Å². The van der Waals surface area contributed by atoms with E-state index in [2.05, 4.69) is 84.3 Å². The quantitative estimate of drug-likeness (QED) is 0.273. The Morgan fingerprint density at radius 2 is 1.50 bits per heavy atom. The van der Waals surface area contributed by atoms with Gasteiger partial charge in [0.15, 0.2) is 12.4 Å². The molecule has 0 saturated heterocycles. The van der Waals surface area contributed by atoms with Gasteiger partial charge in [0.1, 0.15) is 6.54 Å². The Morgan fingerprint density at radius 1 is 0.821 bits per heavy atom. The summed E-state index contributed by atoms with van der Waals surface area (Å²) in [5.41, 5.74) is 4.96. The normalized spacial score (nSPS) is 11.6. The van der Waals surface area contributed by atoms with Gasteiger partial charge in [-0.3, -0.25) is 0 Å². The summed E-state index contributed by atoms with van der Waals surface area (Å²) in [5.74, 6) is 0. The molecule has 1 aromatic carbocycles. The van der Waals surface area contributed by atoms with E-state index in [4.69, 9.17) is 0 Å². The van der Waals surface area contributed by atoms with Crippen molar-refractivity contribution >= 4 is 23.1 Å². The van der Waals surface area contributed by atoms with Crippen molar-refractivity contribution in [2.45, 2.75) is 71.8 Å². The van der Waals surface area contributed by atoms with E-state index in [0.717, 1.165) is 6.54 Å². The molecule has 2 heterocycles. The van der Waals surface area contributed by atoms with E-state index >= 15 is 0 Å². The molecule has 0 fully saturated rings. The summed E-state index contributed by atoms with van der Waals surface area (Å²) in [6, 6.07) is 12.9. The lowest BCUT2D eigenvalue weighted by molar-refractivity contribution is -0.697. The van der Waals surface area contributed by atoms with Gasteiger partial charge >= 0.3 is 0 Å². The third-order valence-corrected chi connectivity index (χ3v) is 5.57. The minimum absolute atomic E-state index is 1.13. The standard InChI is InChI=1S/C26H34N2/c1-3-4-5-6-7-8-9-12-19-28-20-17-23(18-21-28)15-16-24-22(2)27-26-14-11-10-13-25(24)26/h10-11,13-18,20-21H,3-9,12,19H2,1-2H3/p+1. The van der Waals surface area contributed by atoms with Crippen LogP contribution in [-0.2, 0) is 6.54 Å². The van der Waals surface area contributed by atoms with Crippen LogP contribution in [0, 0.1) is 6.92 Å². The van der Waals surface area contributed by atoms with E-state index in [-0.39, 0.29) is 0 Å². The summed E-state index contributed by atoms with van der Waals surface area (Å²) in [4.78, 5) is 3.46. The van der Waals surface area contributed by atoms with Crippen LogP contribution in [0.4, 0.5) is 0 Å². The van der Waals surface area contributed by atoms with Gasteiger partial charge in [0.25, 0.3) is 0 Å². The smallest absolute Gasteiger partial charge is 0.169 e. The maximum atomic E-state index is 3.46. The first-order valence-corrected chi connectivity index (χ1v) is 11.0. The minimum atomic E-state index is 1.13. The first-order chi connectivity index (χ1) is 13.8. The van der Waals surface area contributed by atoms with Crippen molar-refractivity contribution in [3.63, 3.8) is 0 Å². The van der Waals surface area contributed by atoms with Crippen molar-refractivity contribution in [2.24, 2.45) is 0 Å². The molecule has 148 valence electrons. The number of fused-ring (bicyclic) bond motifs is 1. The van der Waals surface area contributed by atoms with Crippen molar-refractivity contribution in [1.29, 1.82) is 0 Å². The summed E-state index contributed by atoms with van der Waals surface area (Å²) in [5, 5.41) is 1.29. The molecular formula is C26H35N2+. The van der Waals surface area contributed by atoms with Gasteiger partial charge in [-0.2, -0.15) is 0 Å². The molecule has 3 rings (SSSR count). The number of nitrogens with one attached hydrogen (secondary N) is 1. The van der Waals surface area contributed by atoms with Gasteiger partial charge in [-0.05, 0) is 25.0 Å². The molecule has 0 atom stereocenters. The zero-order valence-electron chi connectivity index (χ0n) is 17.6. The monoisotopic (exact) mass is 375 g/mol. The number of benzene rings is 1. The van der Waals surface area contributed by atoms with Gasteiger partial charge in [0.05, 0.1) is 0 Å². The van der Waals surface area contributed by atoms with Crippen LogP contribution in [0.2, 0.25) is 0 Å². The predicted molar refractivity (Wildman–Crippen MR) is 121 cm³/mol. The lowest BCUT2D eigenvalue weighted by Gasteiger charge is -2.00. The number of H-pyrrole nitrogens is 1. The molecule has 2 nitrogen and oxygen atoms in total. The van der Waals surface area contributed by atoms with Gasteiger partial charge in [-0.15, -0.1) is 0 Å². The molecular weight excluding hydrogens is 340 g/mol. The highest BCUT2D eigenvalue weighted by Crippen LogP contribution is 2.23. The molecule has 28 heavy (non-hydrogen) atoms. The lowest BCUT2D eigenvalue weighted by atomic mass is 10.1. The number of aryl methyl sites for hydroxylation is 2. The van der Waals surface area contributed by atoms with Crippen LogP contribution in [0.5, 0.6) is 0 Å². The number of para-hydroxylation sites is 1. The molecule has 0 aliphatic rings. The Morgan fingerprint density at radius 3 is 2.25 bits per heavy atom. The van der Waals surface area contributed by atoms with Crippen LogP contribution < -0.4 is 4.57 Å². The molecule has 0 aliphatic carbocycles. The van der Waals surface area contributed by atoms with Crippen molar-refractivity contribution < 1.29 is 4.57 Å². The van der Waals surface area contributed by atoms with Gasteiger partial charge in [-0.1, -0.05) is 75.8 Å². The maximum absolute atomic E-state index is 3.46. The minimum Gasteiger partial charge on any atom is -0.358 e. The van der Waals surface area contributed by atoms with E-state index in [1.165, 1.54) is 79.1 Å². The van der Waals surface area contributed by atoms with Crippen molar-refractivity contribution in [1.82, 2.24) is 4.98 Å². The molecule has 0 saturated carbocycles. The number of nitrogens with zero attached hydrogens (tertiary/aromatic N) is 1. The number of aromatic nitrogens is 2. The van der Waals surface area contributed by atoms with Crippen LogP contribution in [-0.4, -0.2) is 4.98 Å². The fraction of sp³-hybridized carbons (Fsp3) is 0.423. The second-order valence-electron chi connectivity index (χ2n) is 7.89. The molecule has 0 aliphatic heterocycles. The fourth-order valence-electron chi connectivity index (χ4n) is 3.85. The third kappa shape index (κ3) is 5.82. The number of rotatable bonds is 11. The predicted octanol–water partition coefficient (Wildman–Crippen LogP) is 7.07. The van der Waals surface area contributed by atoms with E-state index in [0.29, 0.717) is 0 Å². The molecule has 0 unspecified atom stereocenters. The SMILES string of the molecule is CCCCCCCCCC[n+]1ccc(/C=C/c2c(C)[nH]c3ccccc23)cc1. The number of hydrogen-bond acceptors (Lipinski definition) is 0.